The van der Waals surface area contributed by atoms with E-state index in [9.17, 15) is 9.59 Å². The van der Waals surface area contributed by atoms with Crippen molar-refractivity contribution in [3.8, 4) is 11.5 Å². The summed E-state index contributed by atoms with van der Waals surface area (Å²) >= 11 is 6.38. The van der Waals surface area contributed by atoms with Crippen molar-refractivity contribution in [2.45, 2.75) is 32.6 Å². The third kappa shape index (κ3) is 5.01. The summed E-state index contributed by atoms with van der Waals surface area (Å²) in [6, 6.07) is 13.1. The van der Waals surface area contributed by atoms with Gasteiger partial charge in [0.2, 0.25) is 5.91 Å². The van der Waals surface area contributed by atoms with E-state index in [1.165, 1.54) is 7.11 Å². The van der Waals surface area contributed by atoms with Crippen LogP contribution in [-0.2, 0) is 10.2 Å². The second kappa shape index (κ2) is 10.3. The van der Waals surface area contributed by atoms with Crippen LogP contribution in [0.25, 0.3) is 0 Å². The number of carbonyl (C=O) groups excluding carboxylic acids is 2. The van der Waals surface area contributed by atoms with Crippen molar-refractivity contribution >= 4 is 23.4 Å². The zero-order valence-corrected chi connectivity index (χ0v) is 19.9. The average Bonchev–Trinajstić information content (AvgIpc) is 2.82. The Labute approximate surface area is 195 Å². The number of carbonyl (C=O) groups is 2. The summed E-state index contributed by atoms with van der Waals surface area (Å²) in [4.78, 5) is 29.9. The Hall–Kier alpha value is -2.73. The summed E-state index contributed by atoms with van der Waals surface area (Å²) < 4.78 is 11.1. The number of nitrogens with zero attached hydrogens (tertiary/aromatic N) is 2. The van der Waals surface area contributed by atoms with Crippen LogP contribution in [0.1, 0.15) is 43.1 Å². The minimum atomic E-state index is -0.622. The van der Waals surface area contributed by atoms with Crippen molar-refractivity contribution in [1.82, 2.24) is 9.80 Å². The van der Waals surface area contributed by atoms with Crippen molar-refractivity contribution in [2.24, 2.45) is 0 Å². The Bertz CT molecular complexity index is 954. The molecule has 0 unspecified atom stereocenters. The fourth-order valence-electron chi connectivity index (χ4n) is 3.86. The number of ether oxygens (including phenoxy) is 2. The van der Waals surface area contributed by atoms with Crippen LogP contribution in [0.3, 0.4) is 0 Å². The first-order valence-electron chi connectivity index (χ1n) is 10.9. The smallest absolute Gasteiger partial charge is 0.254 e. The molecule has 0 aromatic heterocycles. The van der Waals surface area contributed by atoms with Gasteiger partial charge < -0.3 is 19.3 Å². The Kier molecular flexibility index (Phi) is 7.67. The highest BCUT2D eigenvalue weighted by Crippen LogP contribution is 2.37. The highest BCUT2D eigenvalue weighted by Gasteiger charge is 2.35. The van der Waals surface area contributed by atoms with E-state index in [0.717, 1.165) is 12.0 Å². The van der Waals surface area contributed by atoms with Gasteiger partial charge in [-0.1, -0.05) is 48.9 Å². The van der Waals surface area contributed by atoms with E-state index < -0.39 is 5.41 Å². The summed E-state index contributed by atoms with van der Waals surface area (Å²) in [5.74, 6) is 0.818. The predicted octanol–water partition coefficient (Wildman–Crippen LogP) is 4.40. The zero-order chi connectivity index (χ0) is 23.3. The number of rotatable bonds is 7. The molecular formula is C25H31ClN2O4. The normalized spacial score (nSPS) is 14.3. The van der Waals surface area contributed by atoms with Crippen molar-refractivity contribution in [3.05, 3.63) is 58.6 Å². The second-order valence-electron chi connectivity index (χ2n) is 8.41. The van der Waals surface area contributed by atoms with Crippen LogP contribution in [0.4, 0.5) is 0 Å². The molecule has 0 spiro atoms. The SMILES string of the molecule is CCCOc1c(Cl)cc(C(=O)N2CCN(C(=O)C(C)(C)c3ccccc3)CC2)cc1OC. The number of amides is 2. The first kappa shape index (κ1) is 23.9. The first-order chi connectivity index (χ1) is 15.3. The van der Waals surface area contributed by atoms with Gasteiger partial charge in [-0.3, -0.25) is 9.59 Å². The Morgan fingerprint density at radius 2 is 1.66 bits per heavy atom. The van der Waals surface area contributed by atoms with E-state index in [-0.39, 0.29) is 11.8 Å². The number of halogens is 1. The highest BCUT2D eigenvalue weighted by atomic mass is 35.5. The third-order valence-corrected chi connectivity index (χ3v) is 6.09. The molecule has 172 valence electrons. The average molecular weight is 459 g/mol. The van der Waals surface area contributed by atoms with Gasteiger partial charge in [-0.2, -0.15) is 0 Å². The molecule has 0 atom stereocenters. The van der Waals surface area contributed by atoms with Gasteiger partial charge in [0.1, 0.15) is 0 Å². The van der Waals surface area contributed by atoms with Crippen LogP contribution in [0.5, 0.6) is 11.5 Å². The molecule has 1 aliphatic rings. The quantitative estimate of drug-likeness (QED) is 0.617. The lowest BCUT2D eigenvalue weighted by Crippen LogP contribution is -2.54. The van der Waals surface area contributed by atoms with Gasteiger partial charge in [-0.15, -0.1) is 0 Å². The van der Waals surface area contributed by atoms with Crippen LogP contribution in [0, 0.1) is 0 Å². The first-order valence-corrected chi connectivity index (χ1v) is 11.3. The molecule has 1 saturated heterocycles. The standard InChI is InChI=1S/C25H31ClN2O4/c1-5-15-32-22-20(26)16-18(17-21(22)31-4)23(29)27-11-13-28(14-12-27)24(30)25(2,3)19-9-7-6-8-10-19/h6-10,16-17H,5,11-15H2,1-4H3. The molecule has 0 bridgehead atoms. The fourth-order valence-corrected chi connectivity index (χ4v) is 4.12. The summed E-state index contributed by atoms with van der Waals surface area (Å²) in [5, 5.41) is 0.347. The number of hydrogen-bond acceptors (Lipinski definition) is 4. The minimum Gasteiger partial charge on any atom is -0.493 e. The minimum absolute atomic E-state index is 0.0675. The molecule has 1 fully saturated rings. The summed E-state index contributed by atoms with van der Waals surface area (Å²) in [5.41, 5.74) is 0.804. The van der Waals surface area contributed by atoms with Gasteiger partial charge in [0.25, 0.3) is 5.91 Å². The maximum Gasteiger partial charge on any atom is 0.254 e. The zero-order valence-electron chi connectivity index (χ0n) is 19.2. The lowest BCUT2D eigenvalue weighted by Gasteiger charge is -2.39. The lowest BCUT2D eigenvalue weighted by molar-refractivity contribution is -0.137. The molecule has 32 heavy (non-hydrogen) atoms. The maximum atomic E-state index is 13.2. The fraction of sp³-hybridized carbons (Fsp3) is 0.440. The summed E-state index contributed by atoms with van der Waals surface area (Å²) in [6.45, 7) is 8.30. The molecule has 0 N–H and O–H groups in total. The van der Waals surface area contributed by atoms with E-state index in [1.807, 2.05) is 56.0 Å². The van der Waals surface area contributed by atoms with E-state index in [2.05, 4.69) is 0 Å². The molecule has 0 aliphatic carbocycles. The van der Waals surface area contributed by atoms with Crippen molar-refractivity contribution < 1.29 is 19.1 Å². The third-order valence-electron chi connectivity index (χ3n) is 5.81. The van der Waals surface area contributed by atoms with Crippen molar-refractivity contribution in [1.29, 1.82) is 0 Å². The van der Waals surface area contributed by atoms with Crippen LogP contribution >= 0.6 is 11.6 Å². The number of piperazine rings is 1. The topological polar surface area (TPSA) is 59.1 Å². The van der Waals surface area contributed by atoms with Gasteiger partial charge in [0.05, 0.1) is 24.2 Å². The van der Waals surface area contributed by atoms with Crippen molar-refractivity contribution in [2.75, 3.05) is 39.9 Å². The van der Waals surface area contributed by atoms with Crippen molar-refractivity contribution in [3.63, 3.8) is 0 Å². The molecule has 2 amide bonds. The number of methoxy groups -OCH3 is 1. The number of hydrogen-bond donors (Lipinski definition) is 0. The molecule has 1 aliphatic heterocycles. The second-order valence-corrected chi connectivity index (χ2v) is 8.82. The summed E-state index contributed by atoms with van der Waals surface area (Å²) in [7, 11) is 1.53. The van der Waals surface area contributed by atoms with Gasteiger partial charge in [-0.25, -0.2) is 0 Å². The van der Waals surface area contributed by atoms with Gasteiger partial charge in [0, 0.05) is 31.7 Å². The number of benzene rings is 2. The molecule has 0 saturated carbocycles. The molecule has 7 heteroatoms. The molecule has 2 aromatic rings. The van der Waals surface area contributed by atoms with Crippen LogP contribution < -0.4 is 9.47 Å². The van der Waals surface area contributed by atoms with Crippen LogP contribution in [0.15, 0.2) is 42.5 Å². The molecule has 6 nitrogen and oxygen atoms in total. The van der Waals surface area contributed by atoms with Gasteiger partial charge >= 0.3 is 0 Å². The van der Waals surface area contributed by atoms with E-state index in [4.69, 9.17) is 21.1 Å². The highest BCUT2D eigenvalue weighted by molar-refractivity contribution is 6.32. The molecule has 1 heterocycles. The molecule has 2 aromatic carbocycles. The Morgan fingerprint density at radius 3 is 2.25 bits per heavy atom. The Balaban J connectivity index is 1.68. The van der Waals surface area contributed by atoms with E-state index in [0.29, 0.717) is 54.9 Å². The van der Waals surface area contributed by atoms with Crippen LogP contribution in [-0.4, -0.2) is 61.5 Å². The lowest BCUT2D eigenvalue weighted by atomic mass is 9.83. The maximum absolute atomic E-state index is 13.2. The largest absolute Gasteiger partial charge is 0.493 e. The monoisotopic (exact) mass is 458 g/mol. The molecule has 0 radical (unpaired) electrons. The summed E-state index contributed by atoms with van der Waals surface area (Å²) in [6.07, 6.45) is 0.838. The Morgan fingerprint density at radius 1 is 1.03 bits per heavy atom. The molecular weight excluding hydrogens is 428 g/mol. The van der Waals surface area contributed by atoms with Gasteiger partial charge in [-0.05, 0) is 38.0 Å². The van der Waals surface area contributed by atoms with E-state index in [1.54, 1.807) is 17.0 Å². The van der Waals surface area contributed by atoms with E-state index >= 15 is 0 Å². The predicted molar refractivity (Wildman–Crippen MR) is 126 cm³/mol. The van der Waals surface area contributed by atoms with Crippen LogP contribution in [0.2, 0.25) is 5.02 Å². The molecule has 3 rings (SSSR count). The van der Waals surface area contributed by atoms with Gasteiger partial charge in [0.15, 0.2) is 11.5 Å².